The quantitative estimate of drug-likeness (QED) is 0.600. The van der Waals surface area contributed by atoms with E-state index in [4.69, 9.17) is 9.47 Å². The molecule has 2 amide bonds. The highest BCUT2D eigenvalue weighted by Crippen LogP contribution is 2.36. The number of likely N-dealkylation sites (tertiary alicyclic amines) is 1. The Hall–Kier alpha value is -3.13. The van der Waals surface area contributed by atoms with Crippen molar-refractivity contribution >= 4 is 11.8 Å². The zero-order chi connectivity index (χ0) is 25.9. The first-order chi connectivity index (χ1) is 17.3. The van der Waals surface area contributed by atoms with Crippen LogP contribution in [0.4, 0.5) is 4.39 Å². The van der Waals surface area contributed by atoms with Crippen LogP contribution in [0, 0.1) is 11.7 Å². The number of nitrogens with zero attached hydrogens (tertiary/aromatic N) is 2. The summed E-state index contributed by atoms with van der Waals surface area (Å²) in [5.74, 6) is 1.06. The highest BCUT2D eigenvalue weighted by atomic mass is 19.1. The van der Waals surface area contributed by atoms with Crippen molar-refractivity contribution in [2.45, 2.75) is 51.2 Å². The minimum atomic E-state index is -0.500. The van der Waals surface area contributed by atoms with Gasteiger partial charge in [0.2, 0.25) is 5.91 Å². The summed E-state index contributed by atoms with van der Waals surface area (Å²) in [4.78, 5) is 30.3. The third-order valence-corrected chi connectivity index (χ3v) is 7.71. The van der Waals surface area contributed by atoms with E-state index in [2.05, 4.69) is 19.2 Å². The molecule has 2 aliphatic heterocycles. The lowest BCUT2D eigenvalue weighted by molar-refractivity contribution is -0.133. The summed E-state index contributed by atoms with van der Waals surface area (Å²) in [6.45, 7) is 5.75. The van der Waals surface area contributed by atoms with Gasteiger partial charge >= 0.3 is 0 Å². The molecule has 4 rings (SSSR count). The molecule has 2 aromatic rings. The number of piperidine rings is 1. The molecule has 1 N–H and O–H groups in total. The maximum absolute atomic E-state index is 13.7. The summed E-state index contributed by atoms with van der Waals surface area (Å²) in [6, 6.07) is 11.4. The lowest BCUT2D eigenvalue weighted by atomic mass is 9.94. The van der Waals surface area contributed by atoms with Gasteiger partial charge in [-0.15, -0.1) is 0 Å². The molecule has 2 fully saturated rings. The molecule has 2 saturated heterocycles. The van der Waals surface area contributed by atoms with Crippen molar-refractivity contribution in [2.75, 3.05) is 33.9 Å². The van der Waals surface area contributed by atoms with Crippen LogP contribution in [0.25, 0.3) is 0 Å². The molecule has 7 nitrogen and oxygen atoms in total. The summed E-state index contributed by atoms with van der Waals surface area (Å²) in [5.41, 5.74) is 0.908. The highest BCUT2D eigenvalue weighted by Gasteiger charge is 2.52. The Balaban J connectivity index is 1.51. The largest absolute Gasteiger partial charge is 0.493 e. The number of carbonyl (C=O) groups is 2. The van der Waals surface area contributed by atoms with Gasteiger partial charge in [-0.3, -0.25) is 14.9 Å². The summed E-state index contributed by atoms with van der Waals surface area (Å²) in [6.07, 6.45) is 2.82. The minimum absolute atomic E-state index is 0.120. The molecule has 2 atom stereocenters. The van der Waals surface area contributed by atoms with Crippen LogP contribution in [0.3, 0.4) is 0 Å². The average Bonchev–Trinajstić information content (AvgIpc) is 3.17. The Kier molecular flexibility index (Phi) is 7.83. The number of hydrogen-bond acceptors (Lipinski definition) is 5. The van der Waals surface area contributed by atoms with Crippen LogP contribution in [0.5, 0.6) is 11.5 Å². The van der Waals surface area contributed by atoms with Gasteiger partial charge in [-0.05, 0) is 48.2 Å². The summed E-state index contributed by atoms with van der Waals surface area (Å²) >= 11 is 0. The second-order valence-corrected chi connectivity index (χ2v) is 9.77. The molecule has 0 saturated carbocycles. The maximum Gasteiger partial charge on any atom is 0.253 e. The van der Waals surface area contributed by atoms with Crippen molar-refractivity contribution in [3.63, 3.8) is 0 Å². The van der Waals surface area contributed by atoms with Gasteiger partial charge in [-0.1, -0.05) is 32.4 Å². The van der Waals surface area contributed by atoms with E-state index in [1.165, 1.54) is 12.1 Å². The minimum Gasteiger partial charge on any atom is -0.493 e. The number of hydrogen-bond donors (Lipinski definition) is 1. The number of halogens is 1. The van der Waals surface area contributed by atoms with Gasteiger partial charge in [0, 0.05) is 38.0 Å². The number of methoxy groups -OCH3 is 2. The number of benzene rings is 2. The van der Waals surface area contributed by atoms with Crippen molar-refractivity contribution in [2.24, 2.45) is 5.92 Å². The fraction of sp³-hybridized carbons (Fsp3) is 0.500. The van der Waals surface area contributed by atoms with Crippen LogP contribution in [0.1, 0.15) is 49.0 Å². The van der Waals surface area contributed by atoms with Crippen molar-refractivity contribution < 1.29 is 23.5 Å². The SMILES string of the molecule is CC[C@@H](C)[C@@H]1NC2(CCN(C(=O)c3cccc(F)c3)CC2)N(CCc2ccc(OC)c(OC)c2)C1=O. The molecule has 0 aromatic heterocycles. The van der Waals surface area contributed by atoms with E-state index in [0.29, 0.717) is 56.0 Å². The van der Waals surface area contributed by atoms with E-state index >= 15 is 0 Å². The number of carbonyl (C=O) groups excluding carboxylic acids is 2. The molecular formula is C28H36FN3O4. The van der Waals surface area contributed by atoms with Crippen molar-refractivity contribution in [3.8, 4) is 11.5 Å². The molecule has 0 unspecified atom stereocenters. The Morgan fingerprint density at radius 3 is 2.50 bits per heavy atom. The Morgan fingerprint density at radius 2 is 1.86 bits per heavy atom. The smallest absolute Gasteiger partial charge is 0.253 e. The van der Waals surface area contributed by atoms with Gasteiger partial charge in [0.25, 0.3) is 5.91 Å². The Bertz CT molecular complexity index is 1100. The van der Waals surface area contributed by atoms with E-state index in [0.717, 1.165) is 12.0 Å². The van der Waals surface area contributed by atoms with Crippen LogP contribution in [-0.2, 0) is 11.2 Å². The van der Waals surface area contributed by atoms with Crippen molar-refractivity contribution in [1.82, 2.24) is 15.1 Å². The van der Waals surface area contributed by atoms with E-state index in [1.54, 1.807) is 31.3 Å². The van der Waals surface area contributed by atoms with Crippen LogP contribution < -0.4 is 14.8 Å². The average molecular weight is 498 g/mol. The first-order valence-corrected chi connectivity index (χ1v) is 12.7. The standard InChI is InChI=1S/C28H36FN3O4/c1-5-19(2)25-27(34)32(14-11-20-9-10-23(35-3)24(17-20)36-4)28(30-25)12-15-31(16-13-28)26(33)21-7-6-8-22(29)18-21/h6-10,17-19,25,30H,5,11-16H2,1-4H3/t19-,25+/m1/s1. The number of nitrogens with one attached hydrogen (secondary N) is 1. The monoisotopic (exact) mass is 497 g/mol. The molecule has 1 spiro atoms. The molecule has 36 heavy (non-hydrogen) atoms. The Morgan fingerprint density at radius 1 is 1.14 bits per heavy atom. The highest BCUT2D eigenvalue weighted by molar-refractivity contribution is 5.94. The topological polar surface area (TPSA) is 71.1 Å². The van der Waals surface area contributed by atoms with E-state index in [-0.39, 0.29) is 23.8 Å². The predicted molar refractivity (Wildman–Crippen MR) is 136 cm³/mol. The van der Waals surface area contributed by atoms with Crippen LogP contribution in [0.15, 0.2) is 42.5 Å². The van der Waals surface area contributed by atoms with Crippen LogP contribution in [0.2, 0.25) is 0 Å². The normalized spacial score (nSPS) is 20.0. The predicted octanol–water partition coefficient (Wildman–Crippen LogP) is 3.86. The van der Waals surface area contributed by atoms with E-state index in [1.807, 2.05) is 23.1 Å². The molecular weight excluding hydrogens is 461 g/mol. The molecule has 2 heterocycles. The molecule has 2 aliphatic rings. The molecule has 2 aromatic carbocycles. The lowest BCUT2D eigenvalue weighted by Crippen LogP contribution is -2.60. The van der Waals surface area contributed by atoms with Gasteiger partial charge < -0.3 is 19.3 Å². The first kappa shape index (κ1) is 25.9. The zero-order valence-electron chi connectivity index (χ0n) is 21.6. The summed E-state index contributed by atoms with van der Waals surface area (Å²) < 4.78 is 24.4. The molecule has 0 aliphatic carbocycles. The third kappa shape index (κ3) is 5.05. The summed E-state index contributed by atoms with van der Waals surface area (Å²) in [5, 5.41) is 3.68. The summed E-state index contributed by atoms with van der Waals surface area (Å²) in [7, 11) is 3.22. The molecule has 0 radical (unpaired) electrons. The maximum atomic E-state index is 13.7. The second kappa shape index (κ2) is 10.9. The molecule has 194 valence electrons. The fourth-order valence-electron chi connectivity index (χ4n) is 5.33. The number of rotatable bonds is 8. The van der Waals surface area contributed by atoms with Gasteiger partial charge in [-0.2, -0.15) is 0 Å². The fourth-order valence-corrected chi connectivity index (χ4v) is 5.33. The first-order valence-electron chi connectivity index (χ1n) is 12.7. The van der Waals surface area contributed by atoms with Gasteiger partial charge in [0.05, 0.1) is 25.9 Å². The second-order valence-electron chi connectivity index (χ2n) is 9.77. The van der Waals surface area contributed by atoms with Gasteiger partial charge in [-0.25, -0.2) is 4.39 Å². The molecule has 0 bridgehead atoms. The van der Waals surface area contributed by atoms with Gasteiger partial charge in [0.1, 0.15) is 5.82 Å². The zero-order valence-corrected chi connectivity index (χ0v) is 21.6. The van der Waals surface area contributed by atoms with Crippen LogP contribution in [-0.4, -0.2) is 67.2 Å². The van der Waals surface area contributed by atoms with Crippen molar-refractivity contribution in [3.05, 3.63) is 59.4 Å². The van der Waals surface area contributed by atoms with Crippen LogP contribution >= 0.6 is 0 Å². The van der Waals surface area contributed by atoms with E-state index < -0.39 is 11.5 Å². The number of ether oxygens (including phenoxy) is 2. The van der Waals surface area contributed by atoms with E-state index in [9.17, 15) is 14.0 Å². The van der Waals surface area contributed by atoms with Crippen molar-refractivity contribution in [1.29, 1.82) is 0 Å². The lowest BCUT2D eigenvalue weighted by Gasteiger charge is -2.45. The Labute approximate surface area is 212 Å². The third-order valence-electron chi connectivity index (χ3n) is 7.71. The molecule has 8 heteroatoms. The van der Waals surface area contributed by atoms with Gasteiger partial charge in [0.15, 0.2) is 11.5 Å². The number of amides is 2.